The van der Waals surface area contributed by atoms with Gasteiger partial charge in [-0.05, 0) is 24.3 Å². The fraction of sp³-hybridized carbons (Fsp3) is 0.118. The Labute approximate surface area is 123 Å². The molecular formula is C17H15NOS. The second-order valence-electron chi connectivity index (χ2n) is 4.12. The van der Waals surface area contributed by atoms with Crippen LogP contribution in [0.25, 0.3) is 0 Å². The molecule has 0 spiro atoms. The molecule has 0 radical (unpaired) electrons. The van der Waals surface area contributed by atoms with Crippen molar-refractivity contribution in [3.8, 4) is 11.8 Å². The Kier molecular flexibility index (Phi) is 5.28. The zero-order valence-corrected chi connectivity index (χ0v) is 12.0. The predicted octanol–water partition coefficient (Wildman–Crippen LogP) is 4.06. The molecule has 2 rings (SSSR count). The van der Waals surface area contributed by atoms with Gasteiger partial charge in [-0.2, -0.15) is 0 Å². The van der Waals surface area contributed by atoms with E-state index in [1.54, 1.807) is 6.92 Å². The summed E-state index contributed by atoms with van der Waals surface area (Å²) < 4.78 is 0. The molecule has 1 N–H and O–H groups in total. The molecule has 2 aromatic carbocycles. The highest BCUT2D eigenvalue weighted by Crippen LogP contribution is 2.19. The highest BCUT2D eigenvalue weighted by atomic mass is 32.2. The van der Waals surface area contributed by atoms with Crippen LogP contribution in [0.5, 0.6) is 0 Å². The third kappa shape index (κ3) is 4.49. The second-order valence-corrected chi connectivity index (χ2v) is 5.27. The van der Waals surface area contributed by atoms with Crippen LogP contribution in [0.2, 0.25) is 0 Å². The second kappa shape index (κ2) is 7.42. The van der Waals surface area contributed by atoms with E-state index in [0.717, 1.165) is 16.9 Å². The molecule has 0 heterocycles. The van der Waals surface area contributed by atoms with E-state index >= 15 is 0 Å². The minimum Gasteiger partial charge on any atom is -0.355 e. The molecule has 3 heteroatoms. The summed E-state index contributed by atoms with van der Waals surface area (Å²) >= 11 is 1.23. The predicted molar refractivity (Wildman–Crippen MR) is 86.2 cm³/mol. The number of carbonyl (C=O) groups excluding carboxylic acids is 1. The maximum absolute atomic E-state index is 10.8. The van der Waals surface area contributed by atoms with Crippen molar-refractivity contribution in [2.45, 2.75) is 6.92 Å². The highest BCUT2D eigenvalue weighted by Gasteiger charge is 1.99. The van der Waals surface area contributed by atoms with Gasteiger partial charge in [0.25, 0.3) is 0 Å². The fourth-order valence-electron chi connectivity index (χ4n) is 1.65. The molecule has 0 aliphatic rings. The summed E-state index contributed by atoms with van der Waals surface area (Å²) in [5.41, 5.74) is 2.93. The molecule has 20 heavy (non-hydrogen) atoms. The van der Waals surface area contributed by atoms with Gasteiger partial charge < -0.3 is 5.32 Å². The zero-order chi connectivity index (χ0) is 14.2. The van der Waals surface area contributed by atoms with Crippen LogP contribution >= 0.6 is 11.8 Å². The third-order valence-electron chi connectivity index (χ3n) is 2.55. The van der Waals surface area contributed by atoms with E-state index in [0.29, 0.717) is 5.75 Å². The van der Waals surface area contributed by atoms with Gasteiger partial charge in [-0.15, -0.1) is 0 Å². The average molecular weight is 281 g/mol. The molecule has 2 aromatic rings. The number of hydrogen-bond acceptors (Lipinski definition) is 3. The van der Waals surface area contributed by atoms with Crippen molar-refractivity contribution in [2.75, 3.05) is 11.1 Å². The summed E-state index contributed by atoms with van der Waals surface area (Å²) in [7, 11) is 0. The first-order valence-corrected chi connectivity index (χ1v) is 7.27. The SMILES string of the molecule is CC(=O)SCC#Cc1ccccc1Nc1ccccc1. The Morgan fingerprint density at radius 1 is 1.10 bits per heavy atom. The average Bonchev–Trinajstić information content (AvgIpc) is 2.46. The largest absolute Gasteiger partial charge is 0.355 e. The molecule has 0 atom stereocenters. The Bertz CT molecular complexity index is 641. The molecule has 0 aromatic heterocycles. The highest BCUT2D eigenvalue weighted by molar-refractivity contribution is 8.13. The summed E-state index contributed by atoms with van der Waals surface area (Å²) in [5, 5.41) is 3.44. The van der Waals surface area contributed by atoms with Gasteiger partial charge in [0, 0.05) is 18.2 Å². The number of anilines is 2. The van der Waals surface area contributed by atoms with E-state index in [1.807, 2.05) is 54.6 Å². The molecule has 0 aliphatic heterocycles. The first kappa shape index (κ1) is 14.2. The van der Waals surface area contributed by atoms with E-state index in [4.69, 9.17) is 0 Å². The van der Waals surface area contributed by atoms with Crippen LogP contribution in [0.1, 0.15) is 12.5 Å². The van der Waals surface area contributed by atoms with E-state index < -0.39 is 0 Å². The van der Waals surface area contributed by atoms with Gasteiger partial charge in [-0.3, -0.25) is 4.79 Å². The Morgan fingerprint density at radius 3 is 2.55 bits per heavy atom. The van der Waals surface area contributed by atoms with Crippen LogP contribution in [0.15, 0.2) is 54.6 Å². The van der Waals surface area contributed by atoms with Gasteiger partial charge in [0.2, 0.25) is 0 Å². The maximum atomic E-state index is 10.8. The normalized spacial score (nSPS) is 9.45. The van der Waals surface area contributed by atoms with Crippen molar-refractivity contribution in [1.82, 2.24) is 0 Å². The molecule has 0 bridgehead atoms. The minimum atomic E-state index is 0.0926. The summed E-state index contributed by atoms with van der Waals surface area (Å²) in [6.07, 6.45) is 0. The summed E-state index contributed by atoms with van der Waals surface area (Å²) in [4.78, 5) is 10.8. The molecule has 0 amide bonds. The summed E-state index contributed by atoms with van der Waals surface area (Å²) in [6, 6.07) is 17.9. The van der Waals surface area contributed by atoms with Gasteiger partial charge in [0.1, 0.15) is 0 Å². The van der Waals surface area contributed by atoms with E-state index in [2.05, 4.69) is 17.2 Å². The topological polar surface area (TPSA) is 29.1 Å². The Hall–Kier alpha value is -2.18. The standard InChI is InChI=1S/C17H15NOS/c1-14(19)20-13-7-9-15-8-5-6-12-17(15)18-16-10-3-2-4-11-16/h2-6,8,10-12,18H,13H2,1H3. The smallest absolute Gasteiger partial charge is 0.186 e. The first-order valence-electron chi connectivity index (χ1n) is 6.29. The zero-order valence-electron chi connectivity index (χ0n) is 11.2. The molecule has 0 saturated carbocycles. The lowest BCUT2D eigenvalue weighted by Gasteiger charge is -2.08. The fourth-order valence-corrected chi connectivity index (χ4v) is 1.99. The van der Waals surface area contributed by atoms with Gasteiger partial charge in [0.05, 0.1) is 11.4 Å². The molecule has 0 fully saturated rings. The summed E-state index contributed by atoms with van der Waals surface area (Å²) in [5.74, 6) is 6.64. The van der Waals surface area contributed by atoms with Crippen LogP contribution in [0, 0.1) is 11.8 Å². The molecule has 2 nitrogen and oxygen atoms in total. The van der Waals surface area contributed by atoms with Gasteiger partial charge in [-0.25, -0.2) is 0 Å². The lowest BCUT2D eigenvalue weighted by molar-refractivity contribution is -0.109. The lowest BCUT2D eigenvalue weighted by atomic mass is 10.1. The van der Waals surface area contributed by atoms with Crippen molar-refractivity contribution < 1.29 is 4.79 Å². The Balaban J connectivity index is 2.12. The summed E-state index contributed by atoms with van der Waals surface area (Å²) in [6.45, 7) is 1.55. The molecular weight excluding hydrogens is 266 g/mol. The quantitative estimate of drug-likeness (QED) is 0.860. The van der Waals surface area contributed by atoms with Crippen LogP contribution in [0.3, 0.4) is 0 Å². The number of hydrogen-bond donors (Lipinski definition) is 1. The lowest BCUT2D eigenvalue weighted by Crippen LogP contribution is -1.93. The monoisotopic (exact) mass is 281 g/mol. The number of benzene rings is 2. The third-order valence-corrected chi connectivity index (χ3v) is 3.25. The van der Waals surface area contributed by atoms with Crippen LogP contribution in [0.4, 0.5) is 11.4 Å². The molecule has 0 unspecified atom stereocenters. The number of nitrogens with one attached hydrogen (secondary N) is 1. The molecule has 0 aliphatic carbocycles. The first-order chi connectivity index (χ1) is 9.75. The van der Waals surface area contributed by atoms with Crippen LogP contribution in [-0.2, 0) is 4.79 Å². The van der Waals surface area contributed by atoms with Crippen molar-refractivity contribution in [2.24, 2.45) is 0 Å². The van der Waals surface area contributed by atoms with E-state index in [-0.39, 0.29) is 5.12 Å². The van der Waals surface area contributed by atoms with Gasteiger partial charge >= 0.3 is 0 Å². The number of rotatable bonds is 3. The van der Waals surface area contributed by atoms with Crippen molar-refractivity contribution >= 4 is 28.3 Å². The van der Waals surface area contributed by atoms with Gasteiger partial charge in [0.15, 0.2) is 5.12 Å². The van der Waals surface area contributed by atoms with Crippen molar-refractivity contribution in [1.29, 1.82) is 0 Å². The maximum Gasteiger partial charge on any atom is 0.186 e. The number of carbonyl (C=O) groups is 1. The van der Waals surface area contributed by atoms with Crippen LogP contribution in [-0.4, -0.2) is 10.9 Å². The van der Waals surface area contributed by atoms with E-state index in [9.17, 15) is 4.79 Å². The molecule has 0 saturated heterocycles. The number of thioether (sulfide) groups is 1. The van der Waals surface area contributed by atoms with E-state index in [1.165, 1.54) is 11.8 Å². The van der Waals surface area contributed by atoms with Crippen LogP contribution < -0.4 is 5.32 Å². The van der Waals surface area contributed by atoms with Gasteiger partial charge in [-0.1, -0.05) is 53.9 Å². The van der Waals surface area contributed by atoms with Crippen molar-refractivity contribution in [3.05, 3.63) is 60.2 Å². The minimum absolute atomic E-state index is 0.0926. The number of para-hydroxylation sites is 2. The Morgan fingerprint density at radius 2 is 1.80 bits per heavy atom. The van der Waals surface area contributed by atoms with Crippen molar-refractivity contribution in [3.63, 3.8) is 0 Å². The molecule has 100 valence electrons.